The van der Waals surface area contributed by atoms with E-state index in [1.807, 2.05) is 38.1 Å². The summed E-state index contributed by atoms with van der Waals surface area (Å²) >= 11 is 0. The lowest BCUT2D eigenvalue weighted by molar-refractivity contribution is -0.118. The largest absolute Gasteiger partial charge is 0.385 e. The summed E-state index contributed by atoms with van der Waals surface area (Å²) in [7, 11) is -1.27. The topological polar surface area (TPSA) is 54.4 Å². The summed E-state index contributed by atoms with van der Waals surface area (Å²) in [5.41, 5.74) is -0.0556. The Morgan fingerprint density at radius 2 is 2.00 bits per heavy atom. The summed E-state index contributed by atoms with van der Waals surface area (Å²) in [4.78, 5) is 12.0. The molecule has 0 fully saturated rings. The van der Waals surface area contributed by atoms with E-state index in [0.717, 1.165) is 5.56 Å². The molecule has 1 N–H and O–H groups in total. The second kappa shape index (κ2) is 5.39. The predicted octanol–water partition coefficient (Wildman–Crippen LogP) is 2.00. The highest BCUT2D eigenvalue weighted by molar-refractivity contribution is 7.85. The molecular formula is C15H18O3S. The van der Waals surface area contributed by atoms with Crippen LogP contribution >= 0.6 is 0 Å². The summed E-state index contributed by atoms with van der Waals surface area (Å²) in [6.07, 6.45) is 3.19. The van der Waals surface area contributed by atoms with E-state index in [9.17, 15) is 14.1 Å². The maximum atomic E-state index is 12.3. The molecular weight excluding hydrogens is 260 g/mol. The molecule has 19 heavy (non-hydrogen) atoms. The van der Waals surface area contributed by atoms with Gasteiger partial charge in [-0.2, -0.15) is 0 Å². The zero-order valence-corrected chi connectivity index (χ0v) is 11.9. The number of hydrogen-bond acceptors (Lipinski definition) is 3. The van der Waals surface area contributed by atoms with Gasteiger partial charge in [-0.15, -0.1) is 0 Å². The molecule has 0 heterocycles. The van der Waals surface area contributed by atoms with E-state index in [-0.39, 0.29) is 17.5 Å². The van der Waals surface area contributed by atoms with Gasteiger partial charge in [-0.3, -0.25) is 9.00 Å². The number of allylic oxidation sites excluding steroid dienone is 1. The third kappa shape index (κ3) is 3.19. The van der Waals surface area contributed by atoms with E-state index < -0.39 is 16.4 Å². The molecule has 0 spiro atoms. The number of rotatable bonds is 3. The van der Waals surface area contributed by atoms with Crippen LogP contribution in [0.4, 0.5) is 0 Å². The summed E-state index contributed by atoms with van der Waals surface area (Å²) in [5, 5.41) is 10.5. The van der Waals surface area contributed by atoms with E-state index in [0.29, 0.717) is 11.3 Å². The van der Waals surface area contributed by atoms with E-state index in [2.05, 4.69) is 0 Å². The Balaban J connectivity index is 2.16. The number of aryl methyl sites for hydroxylation is 1. The molecule has 1 aliphatic rings. The fourth-order valence-electron chi connectivity index (χ4n) is 2.12. The Labute approximate surface area is 115 Å². The monoisotopic (exact) mass is 278 g/mol. The first-order valence-corrected chi connectivity index (χ1v) is 7.62. The average Bonchev–Trinajstić information content (AvgIpc) is 2.35. The molecule has 1 aliphatic carbocycles. The highest BCUT2D eigenvalue weighted by atomic mass is 32.2. The van der Waals surface area contributed by atoms with Crippen LogP contribution in [0.15, 0.2) is 41.3 Å². The molecule has 0 saturated carbocycles. The maximum absolute atomic E-state index is 12.3. The van der Waals surface area contributed by atoms with Crippen molar-refractivity contribution >= 4 is 16.6 Å². The van der Waals surface area contributed by atoms with Gasteiger partial charge in [0.1, 0.15) is 0 Å². The zero-order valence-electron chi connectivity index (χ0n) is 11.1. The van der Waals surface area contributed by atoms with Crippen molar-refractivity contribution in [2.45, 2.75) is 30.8 Å². The Morgan fingerprint density at radius 1 is 1.37 bits per heavy atom. The second-order valence-corrected chi connectivity index (χ2v) is 6.65. The minimum atomic E-state index is -1.27. The molecule has 3 unspecified atom stereocenters. The summed E-state index contributed by atoms with van der Waals surface area (Å²) in [6, 6.07) is 7.44. The van der Waals surface area contributed by atoms with Gasteiger partial charge in [-0.05, 0) is 37.1 Å². The fraction of sp³-hybridized carbons (Fsp3) is 0.400. The molecule has 1 aromatic carbocycles. The standard InChI is InChI=1S/C15H18O3S/c1-11-3-5-14(6-4-11)19(18)10-15(17)8-7-13(16)9-12(15)2/h3-8,12,17H,9-10H2,1-2H3. The first-order chi connectivity index (χ1) is 8.90. The van der Waals surface area contributed by atoms with Crippen LogP contribution in [0.2, 0.25) is 0 Å². The number of ketones is 1. The van der Waals surface area contributed by atoms with Gasteiger partial charge >= 0.3 is 0 Å². The fourth-order valence-corrected chi connectivity index (χ4v) is 3.53. The predicted molar refractivity (Wildman–Crippen MR) is 75.3 cm³/mol. The van der Waals surface area contributed by atoms with Crippen molar-refractivity contribution < 1.29 is 14.1 Å². The third-order valence-corrected chi connectivity index (χ3v) is 5.09. The van der Waals surface area contributed by atoms with Crippen LogP contribution < -0.4 is 0 Å². The molecule has 4 heteroatoms. The molecule has 0 amide bonds. The molecule has 3 atom stereocenters. The van der Waals surface area contributed by atoms with E-state index in [1.54, 1.807) is 0 Å². The van der Waals surface area contributed by atoms with Crippen molar-refractivity contribution in [3.05, 3.63) is 42.0 Å². The number of aliphatic hydroxyl groups is 1. The number of hydrogen-bond donors (Lipinski definition) is 1. The molecule has 0 aliphatic heterocycles. The lowest BCUT2D eigenvalue weighted by Gasteiger charge is -2.33. The normalized spacial score (nSPS) is 28.4. The molecule has 3 nitrogen and oxygen atoms in total. The summed E-state index contributed by atoms with van der Waals surface area (Å²) in [5.74, 6) is -0.0706. The summed E-state index contributed by atoms with van der Waals surface area (Å²) in [6.45, 7) is 3.78. The third-order valence-electron chi connectivity index (χ3n) is 3.56. The summed E-state index contributed by atoms with van der Waals surface area (Å²) < 4.78 is 12.3. The van der Waals surface area contributed by atoms with Crippen LogP contribution in [0, 0.1) is 12.8 Å². The van der Waals surface area contributed by atoms with Gasteiger partial charge in [0.25, 0.3) is 0 Å². The van der Waals surface area contributed by atoms with Crippen molar-refractivity contribution in [2.24, 2.45) is 5.92 Å². The lowest BCUT2D eigenvalue weighted by atomic mass is 9.82. The molecule has 102 valence electrons. The van der Waals surface area contributed by atoms with Gasteiger partial charge in [0.15, 0.2) is 5.78 Å². The first kappa shape index (κ1) is 14.2. The average molecular weight is 278 g/mol. The Kier molecular flexibility index (Phi) is 4.02. The van der Waals surface area contributed by atoms with E-state index in [4.69, 9.17) is 0 Å². The van der Waals surface area contributed by atoms with Gasteiger partial charge < -0.3 is 5.11 Å². The van der Waals surface area contributed by atoms with Crippen molar-refractivity contribution in [1.82, 2.24) is 0 Å². The van der Waals surface area contributed by atoms with E-state index in [1.165, 1.54) is 12.2 Å². The maximum Gasteiger partial charge on any atom is 0.155 e. The van der Waals surface area contributed by atoms with Gasteiger partial charge in [0.05, 0.1) is 22.2 Å². The van der Waals surface area contributed by atoms with Crippen molar-refractivity contribution in [2.75, 3.05) is 5.75 Å². The Hall–Kier alpha value is -1.26. The number of carbonyl (C=O) groups is 1. The van der Waals surface area contributed by atoms with Gasteiger partial charge in [-0.25, -0.2) is 0 Å². The minimum Gasteiger partial charge on any atom is -0.385 e. The highest BCUT2D eigenvalue weighted by Crippen LogP contribution is 2.29. The molecule has 0 bridgehead atoms. The molecule has 1 aromatic rings. The van der Waals surface area contributed by atoms with Crippen LogP contribution in [0.3, 0.4) is 0 Å². The minimum absolute atomic E-state index is 0.0123. The van der Waals surface area contributed by atoms with Gasteiger partial charge in [0, 0.05) is 11.3 Å². The van der Waals surface area contributed by atoms with Gasteiger partial charge in [0.2, 0.25) is 0 Å². The smallest absolute Gasteiger partial charge is 0.155 e. The van der Waals surface area contributed by atoms with Crippen molar-refractivity contribution in [1.29, 1.82) is 0 Å². The zero-order chi connectivity index (χ0) is 14.0. The van der Waals surface area contributed by atoms with E-state index >= 15 is 0 Å². The molecule has 0 radical (unpaired) electrons. The molecule has 0 saturated heterocycles. The van der Waals surface area contributed by atoms with Crippen LogP contribution in [-0.2, 0) is 15.6 Å². The second-order valence-electron chi connectivity index (χ2n) is 5.20. The lowest BCUT2D eigenvalue weighted by Crippen LogP contribution is -2.43. The van der Waals surface area contributed by atoms with Gasteiger partial charge in [-0.1, -0.05) is 24.6 Å². The van der Waals surface area contributed by atoms with Crippen LogP contribution in [0.1, 0.15) is 18.9 Å². The highest BCUT2D eigenvalue weighted by Gasteiger charge is 2.37. The number of carbonyl (C=O) groups excluding carboxylic acids is 1. The Morgan fingerprint density at radius 3 is 2.58 bits per heavy atom. The van der Waals surface area contributed by atoms with Crippen molar-refractivity contribution in [3.63, 3.8) is 0 Å². The van der Waals surface area contributed by atoms with Crippen molar-refractivity contribution in [3.8, 4) is 0 Å². The SMILES string of the molecule is Cc1ccc(S(=O)CC2(O)C=CC(=O)CC2C)cc1. The molecule has 0 aromatic heterocycles. The number of benzene rings is 1. The molecule has 2 rings (SSSR count). The van der Waals surface area contributed by atoms with Crippen LogP contribution in [-0.4, -0.2) is 26.5 Å². The van der Waals surface area contributed by atoms with Crippen LogP contribution in [0.25, 0.3) is 0 Å². The Bertz CT molecular complexity index is 533. The quantitative estimate of drug-likeness (QED) is 0.920. The van der Waals surface area contributed by atoms with Crippen LogP contribution in [0.5, 0.6) is 0 Å². The first-order valence-electron chi connectivity index (χ1n) is 6.30.